The minimum atomic E-state index is 0.596. The minimum Gasteiger partial charge on any atom is -0.379 e. The smallest absolute Gasteiger partial charge is 0.0991 e. The van der Waals surface area contributed by atoms with Crippen molar-refractivity contribution in [2.75, 3.05) is 32.8 Å². The molecule has 0 bridgehead atoms. The van der Waals surface area contributed by atoms with E-state index in [0.717, 1.165) is 51.0 Å². The zero-order valence-electron chi connectivity index (χ0n) is 16.1. The van der Waals surface area contributed by atoms with Gasteiger partial charge in [0.05, 0.1) is 19.5 Å². The van der Waals surface area contributed by atoms with E-state index in [2.05, 4.69) is 53.3 Å². The van der Waals surface area contributed by atoms with E-state index < -0.39 is 0 Å². The summed E-state index contributed by atoms with van der Waals surface area (Å²) in [6.07, 6.45) is 8.07. The number of ether oxygens (including phenoxy) is 1. The molecule has 26 heavy (non-hydrogen) atoms. The van der Waals surface area contributed by atoms with Crippen LogP contribution >= 0.6 is 0 Å². The van der Waals surface area contributed by atoms with E-state index in [1.807, 2.05) is 17.1 Å². The van der Waals surface area contributed by atoms with Crippen LogP contribution in [0.15, 0.2) is 43.0 Å². The van der Waals surface area contributed by atoms with Crippen LogP contribution in [-0.4, -0.2) is 53.3 Å². The molecule has 1 saturated heterocycles. The van der Waals surface area contributed by atoms with E-state index in [1.54, 1.807) is 6.20 Å². The van der Waals surface area contributed by atoms with E-state index in [0.29, 0.717) is 6.04 Å². The van der Waals surface area contributed by atoms with E-state index in [-0.39, 0.29) is 0 Å². The summed E-state index contributed by atoms with van der Waals surface area (Å²) in [7, 11) is 0. The normalized spacial score (nSPS) is 16.9. The van der Waals surface area contributed by atoms with Gasteiger partial charge in [-0.2, -0.15) is 0 Å². The van der Waals surface area contributed by atoms with Gasteiger partial charge in [-0.25, -0.2) is 4.98 Å². The van der Waals surface area contributed by atoms with E-state index >= 15 is 0 Å². The number of nitrogens with zero attached hydrogens (tertiary/aromatic N) is 3. The molecule has 0 amide bonds. The fraction of sp³-hybridized carbons (Fsp3) is 0.571. The Balaban J connectivity index is 1.55. The number of aromatic nitrogens is 2. The van der Waals surface area contributed by atoms with E-state index in [4.69, 9.17) is 4.74 Å². The quantitative estimate of drug-likeness (QED) is 0.750. The first-order chi connectivity index (χ1) is 12.8. The SMILES string of the molecule is CCC(CC)C(CNCc1ccc(-n2ccnc2)cc1)N1CCOCC1. The summed E-state index contributed by atoms with van der Waals surface area (Å²) in [5.41, 5.74) is 2.47. The Labute approximate surface area is 157 Å². The van der Waals surface area contributed by atoms with Gasteiger partial charge in [0.2, 0.25) is 0 Å². The van der Waals surface area contributed by atoms with Gasteiger partial charge in [0.25, 0.3) is 0 Å². The van der Waals surface area contributed by atoms with Crippen molar-refractivity contribution in [1.82, 2.24) is 19.8 Å². The first kappa shape index (κ1) is 19.1. The molecular formula is C21H32N4O. The van der Waals surface area contributed by atoms with Gasteiger partial charge in [0.15, 0.2) is 0 Å². The molecule has 0 aliphatic carbocycles. The molecule has 2 heterocycles. The molecule has 5 nitrogen and oxygen atoms in total. The maximum atomic E-state index is 5.54. The van der Waals surface area contributed by atoms with Crippen LogP contribution in [0.5, 0.6) is 0 Å². The Morgan fingerprint density at radius 2 is 1.85 bits per heavy atom. The fourth-order valence-electron chi connectivity index (χ4n) is 3.90. The van der Waals surface area contributed by atoms with Crippen LogP contribution in [0.25, 0.3) is 5.69 Å². The highest BCUT2D eigenvalue weighted by molar-refractivity contribution is 5.34. The number of hydrogen-bond donors (Lipinski definition) is 1. The van der Waals surface area contributed by atoms with Crippen LogP contribution in [-0.2, 0) is 11.3 Å². The second kappa shape index (κ2) is 9.86. The van der Waals surface area contributed by atoms with Crippen molar-refractivity contribution < 1.29 is 4.74 Å². The Kier molecular flexibility index (Phi) is 7.23. The van der Waals surface area contributed by atoms with Crippen LogP contribution in [0.1, 0.15) is 32.3 Å². The third-order valence-electron chi connectivity index (χ3n) is 5.53. The average molecular weight is 357 g/mol. The molecule has 1 aliphatic heterocycles. The number of imidazole rings is 1. The third-order valence-corrected chi connectivity index (χ3v) is 5.53. The van der Waals surface area contributed by atoms with Crippen molar-refractivity contribution in [3.8, 4) is 5.69 Å². The summed E-state index contributed by atoms with van der Waals surface area (Å²) in [5, 5.41) is 3.70. The van der Waals surface area contributed by atoms with Gasteiger partial charge in [-0.15, -0.1) is 0 Å². The lowest BCUT2D eigenvalue weighted by molar-refractivity contribution is 0.00161. The van der Waals surface area contributed by atoms with Gasteiger partial charge in [-0.05, 0) is 23.6 Å². The van der Waals surface area contributed by atoms with Gasteiger partial charge < -0.3 is 14.6 Å². The second-order valence-electron chi connectivity index (χ2n) is 7.06. The molecule has 1 aliphatic rings. The summed E-state index contributed by atoms with van der Waals surface area (Å²) >= 11 is 0. The Bertz CT molecular complexity index is 616. The standard InChI is InChI=1S/C21H32N4O/c1-3-19(4-2)21(24-11-13-26-14-12-24)16-23-15-18-5-7-20(8-6-18)25-10-9-22-17-25/h5-10,17,19,21,23H,3-4,11-16H2,1-2H3. The molecule has 142 valence electrons. The molecule has 0 saturated carbocycles. The maximum Gasteiger partial charge on any atom is 0.0991 e. The van der Waals surface area contributed by atoms with Crippen LogP contribution in [0.4, 0.5) is 0 Å². The minimum absolute atomic E-state index is 0.596. The van der Waals surface area contributed by atoms with Crippen molar-refractivity contribution in [3.05, 3.63) is 48.5 Å². The van der Waals surface area contributed by atoms with Gasteiger partial charge in [-0.1, -0.05) is 38.8 Å². The summed E-state index contributed by atoms with van der Waals surface area (Å²) in [5.74, 6) is 0.740. The van der Waals surface area contributed by atoms with Crippen molar-refractivity contribution in [3.63, 3.8) is 0 Å². The molecule has 3 rings (SSSR count). The molecule has 1 atom stereocenters. The number of benzene rings is 1. The molecule has 2 aromatic rings. The fourth-order valence-corrected chi connectivity index (χ4v) is 3.90. The third kappa shape index (κ3) is 4.93. The van der Waals surface area contributed by atoms with Crippen LogP contribution in [0.3, 0.4) is 0 Å². The van der Waals surface area contributed by atoms with E-state index in [1.165, 1.54) is 18.4 Å². The van der Waals surface area contributed by atoms with Crippen LogP contribution in [0, 0.1) is 5.92 Å². The molecule has 0 spiro atoms. The number of hydrogen-bond acceptors (Lipinski definition) is 4. The molecule has 1 unspecified atom stereocenters. The van der Waals surface area contributed by atoms with Crippen molar-refractivity contribution in [2.45, 2.75) is 39.3 Å². The van der Waals surface area contributed by atoms with Crippen LogP contribution in [0.2, 0.25) is 0 Å². The maximum absolute atomic E-state index is 5.54. The first-order valence-electron chi connectivity index (χ1n) is 9.91. The summed E-state index contributed by atoms with van der Waals surface area (Å²) in [4.78, 5) is 6.73. The molecule has 1 aromatic heterocycles. The predicted molar refractivity (Wildman–Crippen MR) is 106 cm³/mol. The highest BCUT2D eigenvalue weighted by atomic mass is 16.5. The summed E-state index contributed by atoms with van der Waals surface area (Å²) in [6, 6.07) is 9.30. The summed E-state index contributed by atoms with van der Waals surface area (Å²) in [6.45, 7) is 10.4. The molecule has 1 aromatic carbocycles. The topological polar surface area (TPSA) is 42.3 Å². The average Bonchev–Trinajstić information content (AvgIpc) is 3.23. The number of nitrogens with one attached hydrogen (secondary N) is 1. The first-order valence-corrected chi connectivity index (χ1v) is 9.91. The highest BCUT2D eigenvalue weighted by Crippen LogP contribution is 2.20. The zero-order valence-corrected chi connectivity index (χ0v) is 16.1. The Hall–Kier alpha value is -1.69. The van der Waals surface area contributed by atoms with Gasteiger partial charge >= 0.3 is 0 Å². The lowest BCUT2D eigenvalue weighted by Gasteiger charge is -2.39. The van der Waals surface area contributed by atoms with Crippen LogP contribution < -0.4 is 5.32 Å². The lowest BCUT2D eigenvalue weighted by Crippen LogP contribution is -2.51. The van der Waals surface area contributed by atoms with Gasteiger partial charge in [0.1, 0.15) is 0 Å². The predicted octanol–water partition coefficient (Wildman–Crippen LogP) is 3.10. The monoisotopic (exact) mass is 356 g/mol. The number of morpholine rings is 1. The lowest BCUT2D eigenvalue weighted by atomic mass is 9.92. The van der Waals surface area contributed by atoms with Crippen molar-refractivity contribution >= 4 is 0 Å². The van der Waals surface area contributed by atoms with Crippen molar-refractivity contribution in [2.24, 2.45) is 5.92 Å². The molecule has 1 fully saturated rings. The Morgan fingerprint density at radius 3 is 2.46 bits per heavy atom. The second-order valence-corrected chi connectivity index (χ2v) is 7.06. The molecule has 5 heteroatoms. The van der Waals surface area contributed by atoms with E-state index in [9.17, 15) is 0 Å². The largest absolute Gasteiger partial charge is 0.379 e. The zero-order chi connectivity index (χ0) is 18.2. The number of rotatable bonds is 9. The highest BCUT2D eigenvalue weighted by Gasteiger charge is 2.26. The van der Waals surface area contributed by atoms with Gasteiger partial charge in [-0.3, -0.25) is 4.90 Å². The molecule has 0 radical (unpaired) electrons. The van der Waals surface area contributed by atoms with Crippen molar-refractivity contribution in [1.29, 1.82) is 0 Å². The molecule has 1 N–H and O–H groups in total. The summed E-state index contributed by atoms with van der Waals surface area (Å²) < 4.78 is 7.57. The van der Waals surface area contributed by atoms with Gasteiger partial charge in [0, 0.05) is 50.3 Å². The molecular weight excluding hydrogens is 324 g/mol. The Morgan fingerprint density at radius 1 is 1.12 bits per heavy atom.